The molecule has 0 amide bonds. The van der Waals surface area contributed by atoms with Gasteiger partial charge in [-0.25, -0.2) is 0 Å². The molecule has 9 aromatic rings. The van der Waals surface area contributed by atoms with Crippen molar-refractivity contribution >= 4 is 49.4 Å². The molecular formula is C52H40N2. The smallest absolute Gasteiger partial charge is 0.0647 e. The van der Waals surface area contributed by atoms with Gasteiger partial charge < -0.3 is 10.6 Å². The topological polar surface area (TPSA) is 29.3 Å². The van der Waals surface area contributed by atoms with E-state index < -0.39 is 0 Å². The predicted octanol–water partition coefficient (Wildman–Crippen LogP) is 13.7. The van der Waals surface area contributed by atoms with Crippen LogP contribution in [0.15, 0.2) is 182 Å². The summed E-state index contributed by atoms with van der Waals surface area (Å²) in [6, 6.07) is 66.4. The van der Waals surface area contributed by atoms with Crippen molar-refractivity contribution in [1.29, 1.82) is 0 Å². The normalized spacial score (nSPS) is 12.9. The number of hydrogen-bond acceptors (Lipinski definition) is 2. The minimum atomic E-state index is -0.125. The zero-order valence-electron chi connectivity index (χ0n) is 30.6. The van der Waals surface area contributed by atoms with Gasteiger partial charge in [-0.1, -0.05) is 147 Å². The molecule has 2 heteroatoms. The zero-order chi connectivity index (χ0) is 36.4. The van der Waals surface area contributed by atoms with Gasteiger partial charge in [0.05, 0.1) is 11.4 Å². The summed E-state index contributed by atoms with van der Waals surface area (Å²) < 4.78 is 0. The van der Waals surface area contributed by atoms with Crippen LogP contribution in [0.4, 0.5) is 17.1 Å². The van der Waals surface area contributed by atoms with E-state index in [1.54, 1.807) is 0 Å². The van der Waals surface area contributed by atoms with Crippen molar-refractivity contribution in [2.75, 3.05) is 10.6 Å². The van der Waals surface area contributed by atoms with Gasteiger partial charge in [-0.15, -0.1) is 0 Å². The molecule has 0 unspecified atom stereocenters. The van der Waals surface area contributed by atoms with E-state index in [0.29, 0.717) is 6.54 Å². The lowest BCUT2D eigenvalue weighted by molar-refractivity contribution is 0.661. The van der Waals surface area contributed by atoms with Crippen LogP contribution in [0, 0.1) is 0 Å². The van der Waals surface area contributed by atoms with Crippen molar-refractivity contribution < 1.29 is 0 Å². The molecule has 2 nitrogen and oxygen atoms in total. The number of nitrogens with two attached hydrogens (primary N) is 1. The summed E-state index contributed by atoms with van der Waals surface area (Å²) in [5, 5.41) is 7.57. The highest BCUT2D eigenvalue weighted by Gasteiger charge is 2.36. The van der Waals surface area contributed by atoms with Crippen molar-refractivity contribution in [3.8, 4) is 33.4 Å². The van der Waals surface area contributed by atoms with Crippen LogP contribution >= 0.6 is 0 Å². The number of benzene rings is 9. The van der Waals surface area contributed by atoms with E-state index >= 15 is 0 Å². The zero-order valence-corrected chi connectivity index (χ0v) is 30.6. The molecule has 9 aromatic carbocycles. The van der Waals surface area contributed by atoms with Gasteiger partial charge in [0.1, 0.15) is 0 Å². The van der Waals surface area contributed by atoms with Crippen molar-refractivity contribution in [3.05, 3.63) is 199 Å². The van der Waals surface area contributed by atoms with Crippen LogP contribution in [-0.4, -0.2) is 0 Å². The van der Waals surface area contributed by atoms with Crippen LogP contribution in [0.25, 0.3) is 65.7 Å². The van der Waals surface area contributed by atoms with Gasteiger partial charge in [-0.2, -0.15) is 0 Å². The first-order chi connectivity index (χ1) is 26.5. The molecule has 0 radical (unpaired) electrons. The number of rotatable bonds is 6. The molecule has 0 bridgehead atoms. The number of para-hydroxylation sites is 3. The summed E-state index contributed by atoms with van der Waals surface area (Å²) in [4.78, 5) is 2.32. The summed E-state index contributed by atoms with van der Waals surface area (Å²) in [7, 11) is 0. The van der Waals surface area contributed by atoms with Crippen LogP contribution in [0.5, 0.6) is 0 Å². The van der Waals surface area contributed by atoms with Crippen molar-refractivity contribution in [3.63, 3.8) is 0 Å². The Balaban J connectivity index is 1.24. The largest absolute Gasteiger partial charge is 0.397 e. The first kappa shape index (κ1) is 32.0. The van der Waals surface area contributed by atoms with Gasteiger partial charge in [0.15, 0.2) is 0 Å². The van der Waals surface area contributed by atoms with Gasteiger partial charge >= 0.3 is 0 Å². The predicted molar refractivity (Wildman–Crippen MR) is 231 cm³/mol. The minimum Gasteiger partial charge on any atom is -0.397 e. The second kappa shape index (κ2) is 12.5. The van der Waals surface area contributed by atoms with Gasteiger partial charge in [-0.05, 0) is 131 Å². The van der Waals surface area contributed by atoms with Crippen molar-refractivity contribution in [2.45, 2.75) is 25.8 Å². The molecule has 0 heterocycles. The second-order valence-electron chi connectivity index (χ2n) is 15.2. The number of nitrogen functional groups attached to an aromatic ring is 1. The number of hydrogen-bond donors (Lipinski definition) is 1. The number of fused-ring (bicyclic) bond motifs is 6. The first-order valence-corrected chi connectivity index (χ1v) is 18.8. The summed E-state index contributed by atoms with van der Waals surface area (Å²) in [5.74, 6) is 0. The average molecular weight is 693 g/mol. The van der Waals surface area contributed by atoms with Crippen LogP contribution in [-0.2, 0) is 12.0 Å². The third-order valence-corrected chi connectivity index (χ3v) is 11.6. The Labute approximate surface area is 316 Å². The molecule has 0 saturated heterocycles. The van der Waals surface area contributed by atoms with E-state index in [4.69, 9.17) is 5.73 Å². The fraction of sp³-hybridized carbons (Fsp3) is 0.0769. The fourth-order valence-electron chi connectivity index (χ4n) is 9.00. The molecule has 0 atom stereocenters. The molecule has 1 aliphatic rings. The summed E-state index contributed by atoms with van der Waals surface area (Å²) >= 11 is 0. The molecule has 10 rings (SSSR count). The molecule has 1 aliphatic carbocycles. The highest BCUT2D eigenvalue weighted by molar-refractivity contribution is 6.22. The fourth-order valence-corrected chi connectivity index (χ4v) is 9.00. The van der Waals surface area contributed by atoms with Crippen molar-refractivity contribution in [2.24, 2.45) is 0 Å². The van der Waals surface area contributed by atoms with E-state index in [9.17, 15) is 0 Å². The van der Waals surface area contributed by atoms with Crippen LogP contribution in [0.2, 0.25) is 0 Å². The average Bonchev–Trinajstić information content (AvgIpc) is 3.44. The van der Waals surface area contributed by atoms with Crippen LogP contribution < -0.4 is 10.6 Å². The number of nitrogens with zero attached hydrogens (tertiary/aromatic N) is 1. The molecular weight excluding hydrogens is 653 g/mol. The Morgan fingerprint density at radius 3 is 1.91 bits per heavy atom. The Morgan fingerprint density at radius 2 is 1.11 bits per heavy atom. The second-order valence-corrected chi connectivity index (χ2v) is 15.2. The van der Waals surface area contributed by atoms with Crippen LogP contribution in [0.3, 0.4) is 0 Å². The van der Waals surface area contributed by atoms with E-state index in [2.05, 4.69) is 189 Å². The Bertz CT molecular complexity index is 2900. The monoisotopic (exact) mass is 692 g/mol. The molecule has 54 heavy (non-hydrogen) atoms. The highest BCUT2D eigenvalue weighted by atomic mass is 15.1. The molecule has 0 saturated carbocycles. The number of anilines is 3. The Morgan fingerprint density at radius 1 is 0.463 bits per heavy atom. The third-order valence-electron chi connectivity index (χ3n) is 11.6. The quantitative estimate of drug-likeness (QED) is 0.139. The van der Waals surface area contributed by atoms with Gasteiger partial charge in [-0.3, -0.25) is 0 Å². The van der Waals surface area contributed by atoms with E-state index in [1.807, 2.05) is 12.1 Å². The highest BCUT2D eigenvalue weighted by Crippen LogP contribution is 2.53. The first-order valence-electron chi connectivity index (χ1n) is 18.8. The van der Waals surface area contributed by atoms with Gasteiger partial charge in [0, 0.05) is 17.6 Å². The summed E-state index contributed by atoms with van der Waals surface area (Å²) in [6.45, 7) is 5.43. The molecule has 0 aromatic heterocycles. The maximum atomic E-state index is 6.61. The van der Waals surface area contributed by atoms with E-state index in [1.165, 1.54) is 82.4 Å². The molecule has 2 N–H and O–H groups in total. The van der Waals surface area contributed by atoms with Gasteiger partial charge in [0.25, 0.3) is 0 Å². The van der Waals surface area contributed by atoms with Gasteiger partial charge in [0.2, 0.25) is 0 Å². The maximum Gasteiger partial charge on any atom is 0.0647 e. The lowest BCUT2D eigenvalue weighted by Gasteiger charge is -2.27. The molecule has 0 aliphatic heterocycles. The lowest BCUT2D eigenvalue weighted by Crippen LogP contribution is -2.17. The Kier molecular flexibility index (Phi) is 7.42. The van der Waals surface area contributed by atoms with E-state index in [-0.39, 0.29) is 5.41 Å². The minimum absolute atomic E-state index is 0.125. The molecule has 0 fully saturated rings. The maximum absolute atomic E-state index is 6.61. The Hall–Kier alpha value is -6.64. The summed E-state index contributed by atoms with van der Waals surface area (Å²) in [6.07, 6.45) is 0. The lowest BCUT2D eigenvalue weighted by atomic mass is 9.79. The van der Waals surface area contributed by atoms with E-state index in [0.717, 1.165) is 17.1 Å². The molecule has 0 spiro atoms. The third kappa shape index (κ3) is 5.09. The standard InChI is InChI=1S/C52H40N2/c1-52(2)46-24-11-10-21-40(46)43-31-44-45(32-47(43)52)50(41-22-8-9-23-42(41)51(44)38-28-27-35-16-6-7-17-36(35)30-38)37-18-14-15-34(29-37)33-54(39-19-4-3-5-20-39)49-26-13-12-25-48(49)53/h3-32H,33,53H2,1-2H3. The van der Waals surface area contributed by atoms with Crippen LogP contribution in [0.1, 0.15) is 30.5 Å². The summed E-state index contributed by atoms with van der Waals surface area (Å²) in [5.41, 5.74) is 21.0. The van der Waals surface area contributed by atoms with Crippen molar-refractivity contribution in [1.82, 2.24) is 0 Å². The molecule has 258 valence electrons. The SMILES string of the molecule is CC1(C)c2ccccc2-c2cc3c(-c4ccc5ccccc5c4)c4ccccc4c(-c4cccc(CN(c5ccccc5)c5ccccc5N)c4)c3cc21.